The fourth-order valence-corrected chi connectivity index (χ4v) is 1.34. The molecule has 7 heteroatoms. The molecule has 0 aliphatic heterocycles. The molecular weight excluding hydrogens is 230 g/mol. The van der Waals surface area contributed by atoms with Gasteiger partial charge in [0.05, 0.1) is 0 Å². The SMILES string of the molecule is CCC(O)(O)c1nccc2oc(=O)c(=O)oc12. The maximum atomic E-state index is 11.0. The summed E-state index contributed by atoms with van der Waals surface area (Å²) in [5.74, 6) is -2.25. The summed E-state index contributed by atoms with van der Waals surface area (Å²) in [7, 11) is 0. The van der Waals surface area contributed by atoms with Crippen molar-refractivity contribution >= 4 is 11.2 Å². The quantitative estimate of drug-likeness (QED) is 0.545. The first-order chi connectivity index (χ1) is 7.95. The zero-order valence-corrected chi connectivity index (χ0v) is 8.84. The first kappa shape index (κ1) is 11.5. The Morgan fingerprint density at radius 3 is 2.59 bits per heavy atom. The second kappa shape index (κ2) is 3.79. The van der Waals surface area contributed by atoms with E-state index in [1.54, 1.807) is 0 Å². The predicted molar refractivity (Wildman–Crippen MR) is 55.2 cm³/mol. The second-order valence-electron chi connectivity index (χ2n) is 3.44. The minimum absolute atomic E-state index is 0.0675. The molecule has 0 amide bonds. The largest absolute Gasteiger partial charge is 0.423 e. The number of hydrogen-bond donors (Lipinski definition) is 2. The normalized spacial score (nSPS) is 11.9. The lowest BCUT2D eigenvalue weighted by molar-refractivity contribution is -0.173. The number of nitrogens with zero attached hydrogens (tertiary/aromatic N) is 1. The summed E-state index contributed by atoms with van der Waals surface area (Å²) in [5.41, 5.74) is -2.96. The van der Waals surface area contributed by atoms with Gasteiger partial charge in [-0.1, -0.05) is 6.92 Å². The summed E-state index contributed by atoms with van der Waals surface area (Å²) < 4.78 is 9.32. The predicted octanol–water partition coefficient (Wildman–Crippen LogP) is -0.311. The molecular formula is C10H9NO6. The van der Waals surface area contributed by atoms with Gasteiger partial charge in [-0.05, 0) is 0 Å². The van der Waals surface area contributed by atoms with Crippen LogP contribution in [0, 0.1) is 0 Å². The van der Waals surface area contributed by atoms with Gasteiger partial charge in [-0.2, -0.15) is 0 Å². The monoisotopic (exact) mass is 239 g/mol. The summed E-state index contributed by atoms with van der Waals surface area (Å²) in [6.45, 7) is 1.51. The first-order valence-electron chi connectivity index (χ1n) is 4.84. The van der Waals surface area contributed by atoms with Crippen LogP contribution < -0.4 is 11.3 Å². The molecule has 0 aromatic carbocycles. The molecule has 0 saturated heterocycles. The standard InChI is InChI=1S/C10H9NO6/c1-2-10(14,15)7-6-5(3-4-11-7)16-8(12)9(13)17-6/h3-4,14-15H,2H2,1H3. The Morgan fingerprint density at radius 2 is 1.94 bits per heavy atom. The molecule has 17 heavy (non-hydrogen) atoms. The molecule has 2 heterocycles. The van der Waals surface area contributed by atoms with Crippen molar-refractivity contribution in [1.82, 2.24) is 4.98 Å². The van der Waals surface area contributed by atoms with Crippen LogP contribution in [-0.4, -0.2) is 15.2 Å². The number of aliphatic hydroxyl groups is 2. The lowest BCUT2D eigenvalue weighted by Gasteiger charge is -2.18. The Hall–Kier alpha value is -1.99. The average Bonchev–Trinajstić information content (AvgIpc) is 2.30. The van der Waals surface area contributed by atoms with Crippen molar-refractivity contribution in [2.24, 2.45) is 0 Å². The molecule has 2 aromatic heterocycles. The second-order valence-corrected chi connectivity index (χ2v) is 3.44. The van der Waals surface area contributed by atoms with Crippen LogP contribution in [0.2, 0.25) is 0 Å². The zero-order valence-electron chi connectivity index (χ0n) is 8.84. The van der Waals surface area contributed by atoms with E-state index < -0.39 is 17.0 Å². The van der Waals surface area contributed by atoms with Crippen molar-refractivity contribution < 1.29 is 19.0 Å². The van der Waals surface area contributed by atoms with Crippen LogP contribution in [0.1, 0.15) is 19.0 Å². The average molecular weight is 239 g/mol. The Balaban J connectivity index is 2.87. The van der Waals surface area contributed by atoms with E-state index in [1.165, 1.54) is 19.2 Å². The van der Waals surface area contributed by atoms with E-state index in [0.717, 1.165) is 0 Å². The number of aromatic nitrogens is 1. The number of pyridine rings is 1. The number of hydrogen-bond acceptors (Lipinski definition) is 7. The smallest absolute Gasteiger partial charge is 0.414 e. The Labute approximate surface area is 93.9 Å². The molecule has 2 N–H and O–H groups in total. The van der Waals surface area contributed by atoms with Gasteiger partial charge in [0.1, 0.15) is 5.69 Å². The van der Waals surface area contributed by atoms with Crippen LogP contribution >= 0.6 is 0 Å². The molecule has 0 bridgehead atoms. The molecule has 0 saturated carbocycles. The maximum absolute atomic E-state index is 11.0. The van der Waals surface area contributed by atoms with E-state index in [-0.39, 0.29) is 23.3 Å². The fourth-order valence-electron chi connectivity index (χ4n) is 1.34. The third-order valence-corrected chi connectivity index (χ3v) is 2.30. The van der Waals surface area contributed by atoms with E-state index >= 15 is 0 Å². The first-order valence-corrected chi connectivity index (χ1v) is 4.84. The zero-order chi connectivity index (χ0) is 12.6. The topological polar surface area (TPSA) is 114 Å². The van der Waals surface area contributed by atoms with Crippen LogP contribution in [0.15, 0.2) is 30.7 Å². The Morgan fingerprint density at radius 1 is 1.29 bits per heavy atom. The van der Waals surface area contributed by atoms with Gasteiger partial charge >= 0.3 is 11.3 Å². The van der Waals surface area contributed by atoms with Crippen LogP contribution in [0.5, 0.6) is 0 Å². The van der Waals surface area contributed by atoms with E-state index in [2.05, 4.69) is 13.8 Å². The van der Waals surface area contributed by atoms with Crippen molar-refractivity contribution in [2.75, 3.05) is 0 Å². The summed E-state index contributed by atoms with van der Waals surface area (Å²) in [6, 6.07) is 1.29. The van der Waals surface area contributed by atoms with Gasteiger partial charge in [-0.3, -0.25) is 4.98 Å². The maximum Gasteiger partial charge on any atom is 0.423 e. The molecule has 2 rings (SSSR count). The van der Waals surface area contributed by atoms with E-state index in [1.807, 2.05) is 0 Å². The molecule has 0 aliphatic carbocycles. The summed E-state index contributed by atoms with van der Waals surface area (Å²) >= 11 is 0. The van der Waals surface area contributed by atoms with Gasteiger partial charge in [-0.15, -0.1) is 0 Å². The highest BCUT2D eigenvalue weighted by atomic mass is 16.5. The third kappa shape index (κ3) is 1.85. The molecule has 0 unspecified atom stereocenters. The molecule has 0 atom stereocenters. The van der Waals surface area contributed by atoms with Crippen LogP contribution in [0.25, 0.3) is 11.2 Å². The van der Waals surface area contributed by atoms with E-state index in [4.69, 9.17) is 0 Å². The van der Waals surface area contributed by atoms with Crippen molar-refractivity contribution in [2.45, 2.75) is 19.1 Å². The lowest BCUT2D eigenvalue weighted by Crippen LogP contribution is -2.27. The molecule has 90 valence electrons. The highest BCUT2D eigenvalue weighted by molar-refractivity contribution is 5.72. The van der Waals surface area contributed by atoms with E-state index in [0.29, 0.717) is 0 Å². The van der Waals surface area contributed by atoms with Gasteiger partial charge in [0.15, 0.2) is 5.58 Å². The number of rotatable bonds is 2. The molecule has 0 fully saturated rings. The molecule has 0 aliphatic rings. The molecule has 2 aromatic rings. The minimum Gasteiger partial charge on any atom is -0.414 e. The van der Waals surface area contributed by atoms with Crippen molar-refractivity contribution in [3.8, 4) is 0 Å². The van der Waals surface area contributed by atoms with Gasteiger partial charge in [0, 0.05) is 18.7 Å². The highest BCUT2D eigenvalue weighted by Gasteiger charge is 2.29. The van der Waals surface area contributed by atoms with Gasteiger partial charge in [-0.25, -0.2) is 9.59 Å². The fraction of sp³-hybridized carbons (Fsp3) is 0.300. The van der Waals surface area contributed by atoms with Crippen molar-refractivity contribution in [1.29, 1.82) is 0 Å². The highest BCUT2D eigenvalue weighted by Crippen LogP contribution is 2.25. The van der Waals surface area contributed by atoms with Crippen LogP contribution in [0.3, 0.4) is 0 Å². The van der Waals surface area contributed by atoms with Crippen molar-refractivity contribution in [3.63, 3.8) is 0 Å². The van der Waals surface area contributed by atoms with Gasteiger partial charge < -0.3 is 19.0 Å². The lowest BCUT2D eigenvalue weighted by atomic mass is 10.1. The molecule has 7 nitrogen and oxygen atoms in total. The Kier molecular flexibility index (Phi) is 2.56. The Bertz CT molecular complexity index is 668. The summed E-state index contributed by atoms with van der Waals surface area (Å²) in [4.78, 5) is 25.7. The molecule has 0 spiro atoms. The third-order valence-electron chi connectivity index (χ3n) is 2.30. The summed E-state index contributed by atoms with van der Waals surface area (Å²) in [5, 5.41) is 19.3. The van der Waals surface area contributed by atoms with Gasteiger partial charge in [0.25, 0.3) is 0 Å². The van der Waals surface area contributed by atoms with Crippen LogP contribution in [0.4, 0.5) is 0 Å². The molecule has 0 radical (unpaired) electrons. The van der Waals surface area contributed by atoms with Crippen LogP contribution in [-0.2, 0) is 5.79 Å². The summed E-state index contributed by atoms with van der Waals surface area (Å²) in [6.07, 6.45) is 1.15. The number of fused-ring (bicyclic) bond motifs is 1. The minimum atomic E-state index is -2.25. The van der Waals surface area contributed by atoms with E-state index in [9.17, 15) is 19.8 Å². The van der Waals surface area contributed by atoms with Gasteiger partial charge in [0.2, 0.25) is 11.4 Å². The van der Waals surface area contributed by atoms with Crippen molar-refractivity contribution in [3.05, 3.63) is 38.8 Å².